The number of methoxy groups -OCH3 is 1. The first kappa shape index (κ1) is 19.6. The van der Waals surface area contributed by atoms with E-state index in [1.165, 1.54) is 24.1 Å². The Morgan fingerprint density at radius 1 is 1.32 bits per heavy atom. The van der Waals surface area contributed by atoms with Crippen LogP contribution in [0.2, 0.25) is 0 Å². The van der Waals surface area contributed by atoms with Crippen LogP contribution in [0.15, 0.2) is 35.7 Å². The van der Waals surface area contributed by atoms with Gasteiger partial charge in [0.15, 0.2) is 17.3 Å². The van der Waals surface area contributed by atoms with E-state index >= 15 is 0 Å². The highest BCUT2D eigenvalue weighted by Gasteiger charge is 2.19. The summed E-state index contributed by atoms with van der Waals surface area (Å²) in [6, 6.07) is 8.69. The number of benzene rings is 1. The summed E-state index contributed by atoms with van der Waals surface area (Å²) < 4.78 is 18.6. The number of ether oxygens (including phenoxy) is 1. The van der Waals surface area contributed by atoms with E-state index < -0.39 is 5.82 Å². The number of carbonyl (C=O) groups excluding carboxylic acids is 1. The fraction of sp³-hybridized carbons (Fsp3) is 0.421. The molecule has 1 aromatic carbocycles. The predicted octanol–water partition coefficient (Wildman–Crippen LogP) is 3.75. The number of hydrogen-bond acceptors (Lipinski definition) is 5. The van der Waals surface area contributed by atoms with Crippen LogP contribution in [0.25, 0.3) is 0 Å². The van der Waals surface area contributed by atoms with Gasteiger partial charge in [0.25, 0.3) is 0 Å². The molecule has 0 radical (unpaired) electrons. The van der Waals surface area contributed by atoms with Crippen molar-refractivity contribution in [3.8, 4) is 5.75 Å². The number of thiophene rings is 1. The lowest BCUT2D eigenvalue weighted by Crippen LogP contribution is -2.37. The minimum absolute atomic E-state index is 0.133. The van der Waals surface area contributed by atoms with Gasteiger partial charge in [0.1, 0.15) is 0 Å². The van der Waals surface area contributed by atoms with E-state index in [4.69, 9.17) is 4.74 Å². The lowest BCUT2D eigenvalue weighted by atomic mass is 10.1. The highest BCUT2D eigenvalue weighted by Crippen LogP contribution is 2.24. The molecule has 0 saturated heterocycles. The third kappa shape index (κ3) is 5.11. The van der Waals surface area contributed by atoms with Gasteiger partial charge in [-0.2, -0.15) is 0 Å². The van der Waals surface area contributed by atoms with Gasteiger partial charge in [-0.1, -0.05) is 19.9 Å². The molecule has 6 heteroatoms. The fourth-order valence-electron chi connectivity index (χ4n) is 2.82. The number of nitrogens with zero attached hydrogens (tertiary/aromatic N) is 1. The van der Waals surface area contributed by atoms with Crippen molar-refractivity contribution in [1.29, 1.82) is 0 Å². The summed E-state index contributed by atoms with van der Waals surface area (Å²) in [6.07, 6.45) is 0. The summed E-state index contributed by atoms with van der Waals surface area (Å²) in [5.74, 6) is -0.511. The maximum absolute atomic E-state index is 13.7. The van der Waals surface area contributed by atoms with Crippen LogP contribution < -0.4 is 10.1 Å². The minimum atomic E-state index is -0.520. The molecular weight excluding hydrogens is 339 g/mol. The van der Waals surface area contributed by atoms with Crippen LogP contribution >= 0.6 is 11.3 Å². The van der Waals surface area contributed by atoms with Crippen LogP contribution in [0.4, 0.5) is 4.39 Å². The van der Waals surface area contributed by atoms with Gasteiger partial charge in [-0.05, 0) is 42.7 Å². The average Bonchev–Trinajstić information content (AvgIpc) is 3.15. The van der Waals surface area contributed by atoms with E-state index in [-0.39, 0.29) is 24.1 Å². The SMILES string of the molecule is CCN(CC)C(CNCC(=O)c1ccc(OC)c(F)c1)c1cccs1. The average molecular weight is 364 g/mol. The number of nitrogens with one attached hydrogen (secondary N) is 1. The number of rotatable bonds is 10. The summed E-state index contributed by atoms with van der Waals surface area (Å²) in [6.45, 7) is 7.00. The van der Waals surface area contributed by atoms with Crippen LogP contribution in [-0.2, 0) is 0 Å². The summed E-state index contributed by atoms with van der Waals surface area (Å²) in [7, 11) is 1.40. The van der Waals surface area contributed by atoms with Crippen LogP contribution in [0, 0.1) is 5.82 Å². The Bertz CT molecular complexity index is 672. The lowest BCUT2D eigenvalue weighted by molar-refractivity contribution is 0.0986. The van der Waals surface area contributed by atoms with E-state index in [0.717, 1.165) is 13.1 Å². The second kappa shape index (κ2) is 9.65. The molecule has 0 fully saturated rings. The monoisotopic (exact) mass is 364 g/mol. The number of ketones is 1. The van der Waals surface area contributed by atoms with Gasteiger partial charge >= 0.3 is 0 Å². The summed E-state index contributed by atoms with van der Waals surface area (Å²) in [5, 5.41) is 5.30. The van der Waals surface area contributed by atoms with Crippen LogP contribution in [0.1, 0.15) is 35.1 Å². The maximum Gasteiger partial charge on any atom is 0.176 e. The molecule has 1 unspecified atom stereocenters. The maximum atomic E-state index is 13.7. The summed E-state index contributed by atoms with van der Waals surface area (Å²) in [4.78, 5) is 15.9. The molecule has 4 nitrogen and oxygen atoms in total. The topological polar surface area (TPSA) is 41.6 Å². The van der Waals surface area contributed by atoms with E-state index in [1.54, 1.807) is 17.4 Å². The van der Waals surface area contributed by atoms with Gasteiger partial charge in [-0.3, -0.25) is 9.69 Å². The standard InChI is InChI=1S/C19H25FN2O2S/c1-4-22(5-2)16(19-7-6-10-25-19)12-21-13-17(23)14-8-9-18(24-3)15(20)11-14/h6-11,16,21H,4-5,12-13H2,1-3H3. The zero-order valence-electron chi connectivity index (χ0n) is 14.9. The minimum Gasteiger partial charge on any atom is -0.494 e. The Balaban J connectivity index is 1.97. The molecule has 2 rings (SSSR count). The molecule has 2 aromatic rings. The van der Waals surface area contributed by atoms with Crippen molar-refractivity contribution >= 4 is 17.1 Å². The van der Waals surface area contributed by atoms with Crippen LogP contribution in [0.3, 0.4) is 0 Å². The number of likely N-dealkylation sites (N-methyl/N-ethyl adjacent to an activating group) is 1. The first-order valence-electron chi connectivity index (χ1n) is 8.45. The van der Waals surface area contributed by atoms with Gasteiger partial charge in [0.2, 0.25) is 0 Å². The zero-order chi connectivity index (χ0) is 18.2. The van der Waals surface area contributed by atoms with Crippen molar-refractivity contribution in [3.63, 3.8) is 0 Å². The molecule has 0 saturated carbocycles. The highest BCUT2D eigenvalue weighted by molar-refractivity contribution is 7.10. The van der Waals surface area contributed by atoms with E-state index in [9.17, 15) is 9.18 Å². The Labute approximate surface area is 152 Å². The molecule has 0 aliphatic carbocycles. The normalized spacial score (nSPS) is 12.4. The molecule has 1 heterocycles. The third-order valence-electron chi connectivity index (χ3n) is 4.22. The smallest absolute Gasteiger partial charge is 0.176 e. The molecule has 0 aliphatic heterocycles. The van der Waals surface area contributed by atoms with E-state index in [1.807, 2.05) is 6.07 Å². The van der Waals surface area contributed by atoms with Crippen molar-refractivity contribution < 1.29 is 13.9 Å². The Hall–Kier alpha value is -1.76. The predicted molar refractivity (Wildman–Crippen MR) is 100 cm³/mol. The fourth-order valence-corrected chi connectivity index (χ4v) is 3.68. The van der Waals surface area contributed by atoms with Gasteiger partial charge in [0.05, 0.1) is 19.7 Å². The molecule has 1 N–H and O–H groups in total. The summed E-state index contributed by atoms with van der Waals surface area (Å²) >= 11 is 1.72. The van der Waals surface area contributed by atoms with Crippen molar-refractivity contribution in [2.75, 3.05) is 33.3 Å². The molecule has 1 atom stereocenters. The molecule has 0 bridgehead atoms. The Morgan fingerprint density at radius 3 is 2.64 bits per heavy atom. The Kier molecular flexibility index (Phi) is 7.55. The molecule has 0 spiro atoms. The van der Waals surface area contributed by atoms with Gasteiger partial charge < -0.3 is 10.1 Å². The van der Waals surface area contributed by atoms with Crippen molar-refractivity contribution in [2.45, 2.75) is 19.9 Å². The van der Waals surface area contributed by atoms with Gasteiger partial charge in [-0.15, -0.1) is 11.3 Å². The van der Waals surface area contributed by atoms with Crippen LogP contribution in [0.5, 0.6) is 5.75 Å². The van der Waals surface area contributed by atoms with Crippen LogP contribution in [-0.4, -0.2) is 44.0 Å². The zero-order valence-corrected chi connectivity index (χ0v) is 15.7. The highest BCUT2D eigenvalue weighted by atomic mass is 32.1. The van der Waals surface area contributed by atoms with Crippen molar-refractivity contribution in [3.05, 3.63) is 52.0 Å². The van der Waals surface area contributed by atoms with Crippen molar-refractivity contribution in [2.24, 2.45) is 0 Å². The molecule has 1 aromatic heterocycles. The summed E-state index contributed by atoms with van der Waals surface area (Å²) in [5.41, 5.74) is 0.348. The molecule has 136 valence electrons. The third-order valence-corrected chi connectivity index (χ3v) is 5.20. The number of carbonyl (C=O) groups is 1. The Morgan fingerprint density at radius 2 is 2.08 bits per heavy atom. The van der Waals surface area contributed by atoms with E-state index in [2.05, 4.69) is 35.5 Å². The first-order chi connectivity index (χ1) is 12.1. The number of halogens is 1. The second-order valence-electron chi connectivity index (χ2n) is 5.66. The number of hydrogen-bond donors (Lipinski definition) is 1. The van der Waals surface area contributed by atoms with Gasteiger partial charge in [0, 0.05) is 17.0 Å². The molecule has 0 aliphatic rings. The molecule has 0 amide bonds. The number of Topliss-reactive ketones (excluding diaryl/α,β-unsaturated/α-hetero) is 1. The van der Waals surface area contributed by atoms with Crippen molar-refractivity contribution in [1.82, 2.24) is 10.2 Å². The lowest BCUT2D eigenvalue weighted by Gasteiger charge is -2.29. The van der Waals surface area contributed by atoms with E-state index in [0.29, 0.717) is 12.1 Å². The molecular formula is C19H25FN2O2S. The second-order valence-corrected chi connectivity index (χ2v) is 6.64. The first-order valence-corrected chi connectivity index (χ1v) is 9.33. The molecule has 25 heavy (non-hydrogen) atoms. The van der Waals surface area contributed by atoms with Gasteiger partial charge in [-0.25, -0.2) is 4.39 Å². The quantitative estimate of drug-likeness (QED) is 0.652. The largest absolute Gasteiger partial charge is 0.494 e.